The molecule has 2 N–H and O–H groups in total. The van der Waals surface area contributed by atoms with Gasteiger partial charge in [0.1, 0.15) is 5.75 Å². The van der Waals surface area contributed by atoms with Crippen LogP contribution in [0.3, 0.4) is 0 Å². The predicted octanol–water partition coefficient (Wildman–Crippen LogP) is 2.27. The van der Waals surface area contributed by atoms with Crippen molar-refractivity contribution >= 4 is 39.3 Å². The van der Waals surface area contributed by atoms with Crippen LogP contribution in [0.5, 0.6) is 5.75 Å². The Morgan fingerprint density at radius 2 is 1.89 bits per heavy atom. The fourth-order valence-corrected chi connectivity index (χ4v) is 3.07. The number of ether oxygens (including phenoxy) is 1. The number of hydrazine groups is 1. The minimum Gasteiger partial charge on any atom is -0.497 e. The number of methoxy groups -OCH3 is 1. The molecular weight excluding hydrogens is 414 g/mol. The summed E-state index contributed by atoms with van der Waals surface area (Å²) in [6.45, 7) is 0.242. The third-order valence-corrected chi connectivity index (χ3v) is 4.80. The highest BCUT2D eigenvalue weighted by Crippen LogP contribution is 2.27. The average Bonchev–Trinajstić information content (AvgIpc) is 3.08. The minimum atomic E-state index is -0.547. The molecule has 1 atom stereocenters. The van der Waals surface area contributed by atoms with Crippen LogP contribution in [0.4, 0.5) is 5.69 Å². The van der Waals surface area contributed by atoms with E-state index in [2.05, 4.69) is 26.8 Å². The van der Waals surface area contributed by atoms with E-state index in [4.69, 9.17) is 4.74 Å². The van der Waals surface area contributed by atoms with Crippen molar-refractivity contribution in [2.24, 2.45) is 5.92 Å². The summed E-state index contributed by atoms with van der Waals surface area (Å²) in [6.07, 6.45) is 0.0806. The van der Waals surface area contributed by atoms with Crippen LogP contribution in [-0.2, 0) is 9.59 Å². The fraction of sp³-hybridized carbons (Fsp3) is 0.211. The summed E-state index contributed by atoms with van der Waals surface area (Å²) >= 11 is 3.30. The first kappa shape index (κ1) is 18.9. The van der Waals surface area contributed by atoms with E-state index in [-0.39, 0.29) is 18.9 Å². The molecule has 0 bridgehead atoms. The van der Waals surface area contributed by atoms with E-state index < -0.39 is 17.7 Å². The predicted molar refractivity (Wildman–Crippen MR) is 103 cm³/mol. The highest BCUT2D eigenvalue weighted by Gasteiger charge is 2.35. The minimum absolute atomic E-state index is 0.0806. The Morgan fingerprint density at radius 1 is 1.15 bits per heavy atom. The summed E-state index contributed by atoms with van der Waals surface area (Å²) < 4.78 is 6.02. The van der Waals surface area contributed by atoms with E-state index in [0.29, 0.717) is 17.0 Å². The van der Waals surface area contributed by atoms with Crippen LogP contribution < -0.4 is 20.5 Å². The molecule has 2 aromatic rings. The number of hydrogen-bond donors (Lipinski definition) is 2. The maximum absolute atomic E-state index is 12.3. The molecule has 0 aromatic heterocycles. The number of benzene rings is 2. The summed E-state index contributed by atoms with van der Waals surface area (Å²) in [5.74, 6) is -0.893. The average molecular weight is 432 g/mol. The lowest BCUT2D eigenvalue weighted by Crippen LogP contribution is -2.45. The van der Waals surface area contributed by atoms with Crippen molar-refractivity contribution in [2.75, 3.05) is 18.6 Å². The van der Waals surface area contributed by atoms with Crippen molar-refractivity contribution < 1.29 is 19.1 Å². The molecule has 0 saturated carbocycles. The Hall–Kier alpha value is -2.87. The van der Waals surface area contributed by atoms with Gasteiger partial charge in [-0.1, -0.05) is 22.0 Å². The SMILES string of the molecule is COc1cccc(N2C[C@H](C(=O)NNC(=O)c3ccc(Br)cc3)CC2=O)c1. The number of anilines is 1. The number of carbonyl (C=O) groups excluding carboxylic acids is 3. The molecule has 8 heteroatoms. The summed E-state index contributed by atoms with van der Waals surface area (Å²) in [7, 11) is 1.55. The number of nitrogens with one attached hydrogen (secondary N) is 2. The van der Waals surface area contributed by atoms with Gasteiger partial charge in [-0.3, -0.25) is 25.2 Å². The van der Waals surface area contributed by atoms with Crippen molar-refractivity contribution in [1.29, 1.82) is 0 Å². The maximum Gasteiger partial charge on any atom is 0.269 e. The molecule has 0 unspecified atom stereocenters. The fourth-order valence-electron chi connectivity index (χ4n) is 2.80. The van der Waals surface area contributed by atoms with Gasteiger partial charge in [0.2, 0.25) is 11.8 Å². The Bertz CT molecular complexity index is 870. The molecule has 1 fully saturated rings. The van der Waals surface area contributed by atoms with Gasteiger partial charge < -0.3 is 9.64 Å². The number of carbonyl (C=O) groups is 3. The van der Waals surface area contributed by atoms with Crippen LogP contribution in [0.25, 0.3) is 0 Å². The molecule has 1 aliphatic rings. The summed E-state index contributed by atoms with van der Waals surface area (Å²) in [5, 5.41) is 0. The van der Waals surface area contributed by atoms with E-state index in [1.807, 2.05) is 0 Å². The van der Waals surface area contributed by atoms with Crippen molar-refractivity contribution in [2.45, 2.75) is 6.42 Å². The van der Waals surface area contributed by atoms with Crippen LogP contribution in [0.1, 0.15) is 16.8 Å². The van der Waals surface area contributed by atoms with E-state index in [0.717, 1.165) is 4.47 Å². The number of nitrogens with zero attached hydrogens (tertiary/aromatic N) is 1. The number of halogens is 1. The van der Waals surface area contributed by atoms with Crippen LogP contribution in [-0.4, -0.2) is 31.4 Å². The molecule has 0 radical (unpaired) electrons. The van der Waals surface area contributed by atoms with Gasteiger partial charge in [-0.25, -0.2) is 0 Å². The molecule has 3 amide bonds. The number of hydrogen-bond acceptors (Lipinski definition) is 4. The molecule has 0 spiro atoms. The van der Waals surface area contributed by atoms with Crippen LogP contribution >= 0.6 is 15.9 Å². The normalized spacial score (nSPS) is 16.1. The standard InChI is InChI=1S/C19H18BrN3O4/c1-27-16-4-2-3-15(10-16)23-11-13(9-17(23)24)19(26)22-21-18(25)12-5-7-14(20)8-6-12/h2-8,10,13H,9,11H2,1H3,(H,21,25)(H,22,26)/t13-/m1/s1. The molecule has 140 valence electrons. The largest absolute Gasteiger partial charge is 0.497 e. The topological polar surface area (TPSA) is 87.7 Å². The lowest BCUT2D eigenvalue weighted by Gasteiger charge is -2.17. The summed E-state index contributed by atoms with van der Waals surface area (Å²) in [5.41, 5.74) is 5.87. The van der Waals surface area contributed by atoms with E-state index in [1.165, 1.54) is 0 Å². The Morgan fingerprint density at radius 3 is 2.59 bits per heavy atom. The lowest BCUT2D eigenvalue weighted by molar-refractivity contribution is -0.126. The molecule has 1 saturated heterocycles. The third-order valence-electron chi connectivity index (χ3n) is 4.27. The monoisotopic (exact) mass is 431 g/mol. The second-order valence-corrected chi connectivity index (χ2v) is 6.97. The molecule has 2 aromatic carbocycles. The van der Waals surface area contributed by atoms with Crippen molar-refractivity contribution in [3.63, 3.8) is 0 Å². The van der Waals surface area contributed by atoms with Gasteiger partial charge in [0.25, 0.3) is 5.91 Å². The molecular formula is C19H18BrN3O4. The molecule has 1 heterocycles. The molecule has 0 aliphatic carbocycles. The van der Waals surface area contributed by atoms with Gasteiger partial charge in [0, 0.05) is 34.8 Å². The van der Waals surface area contributed by atoms with Gasteiger partial charge in [-0.2, -0.15) is 0 Å². The molecule has 27 heavy (non-hydrogen) atoms. The summed E-state index contributed by atoms with van der Waals surface area (Å²) in [4.78, 5) is 38.2. The van der Waals surface area contributed by atoms with Crippen molar-refractivity contribution in [3.8, 4) is 5.75 Å². The zero-order valence-electron chi connectivity index (χ0n) is 14.6. The maximum atomic E-state index is 12.3. The van der Waals surface area contributed by atoms with Crippen molar-refractivity contribution in [3.05, 3.63) is 58.6 Å². The van der Waals surface area contributed by atoms with Gasteiger partial charge in [-0.05, 0) is 36.4 Å². The Balaban J connectivity index is 1.58. The Labute approximate surface area is 164 Å². The first-order valence-corrected chi connectivity index (χ1v) is 9.07. The first-order valence-electron chi connectivity index (χ1n) is 8.28. The van der Waals surface area contributed by atoms with Crippen LogP contribution in [0.15, 0.2) is 53.0 Å². The second-order valence-electron chi connectivity index (χ2n) is 6.06. The quantitative estimate of drug-likeness (QED) is 0.726. The van der Waals surface area contributed by atoms with Gasteiger partial charge in [0.05, 0.1) is 13.0 Å². The summed E-state index contributed by atoms with van der Waals surface area (Å²) in [6, 6.07) is 13.8. The van der Waals surface area contributed by atoms with Crippen molar-refractivity contribution in [1.82, 2.24) is 10.9 Å². The van der Waals surface area contributed by atoms with Gasteiger partial charge >= 0.3 is 0 Å². The van der Waals surface area contributed by atoms with Gasteiger partial charge in [0.15, 0.2) is 0 Å². The first-order chi connectivity index (χ1) is 13.0. The molecule has 1 aliphatic heterocycles. The third kappa shape index (κ3) is 4.46. The Kier molecular flexibility index (Phi) is 5.75. The van der Waals surface area contributed by atoms with Crippen LogP contribution in [0, 0.1) is 5.92 Å². The van der Waals surface area contributed by atoms with Crippen LogP contribution in [0.2, 0.25) is 0 Å². The lowest BCUT2D eigenvalue weighted by atomic mass is 10.1. The molecule has 7 nitrogen and oxygen atoms in total. The number of amides is 3. The smallest absolute Gasteiger partial charge is 0.269 e. The highest BCUT2D eigenvalue weighted by atomic mass is 79.9. The second kappa shape index (κ2) is 8.22. The highest BCUT2D eigenvalue weighted by molar-refractivity contribution is 9.10. The molecule has 3 rings (SSSR count). The van der Waals surface area contributed by atoms with Gasteiger partial charge in [-0.15, -0.1) is 0 Å². The zero-order chi connectivity index (χ0) is 19.4. The number of rotatable bonds is 4. The zero-order valence-corrected chi connectivity index (χ0v) is 16.2. The van der Waals surface area contributed by atoms with E-state index >= 15 is 0 Å². The van der Waals surface area contributed by atoms with E-state index in [1.54, 1.807) is 60.5 Å². The van der Waals surface area contributed by atoms with E-state index in [9.17, 15) is 14.4 Å².